The van der Waals surface area contributed by atoms with E-state index in [2.05, 4.69) is 11.0 Å². The molecule has 1 rings (SSSR count). The molecule has 0 aromatic carbocycles. The average molecular weight is 323 g/mol. The summed E-state index contributed by atoms with van der Waals surface area (Å²) in [5, 5.41) is 0. The van der Waals surface area contributed by atoms with Gasteiger partial charge in [-0.3, -0.25) is 0 Å². The van der Waals surface area contributed by atoms with Crippen molar-refractivity contribution in [2.45, 2.75) is 29.9 Å². The minimum atomic E-state index is -3.33. The number of unbranched alkanes of at least 4 members (excludes halogenated alkanes) is 2. The Morgan fingerprint density at radius 2 is 2.11 bits per heavy atom. The predicted molar refractivity (Wildman–Crippen MR) is 84.5 cm³/mol. The lowest BCUT2D eigenvalue weighted by atomic mass is 10.2. The second-order valence-corrected chi connectivity index (χ2v) is 8.36. The summed E-state index contributed by atoms with van der Waals surface area (Å²) in [4.78, 5) is 1.02. The van der Waals surface area contributed by atoms with Crippen LogP contribution >= 0.6 is 23.1 Å². The number of rotatable bonds is 10. The van der Waals surface area contributed by atoms with Crippen molar-refractivity contribution in [3.63, 3.8) is 0 Å². The van der Waals surface area contributed by atoms with Crippen LogP contribution in [0.15, 0.2) is 16.3 Å². The molecule has 7 heteroatoms. The fraction of sp³-hybridized carbons (Fsp3) is 0.667. The highest BCUT2D eigenvalue weighted by Gasteiger charge is 2.15. The molecule has 4 nitrogen and oxygen atoms in total. The van der Waals surface area contributed by atoms with Gasteiger partial charge in [-0.15, -0.1) is 11.3 Å². The molecular weight excluding hydrogens is 300 g/mol. The second-order valence-electron chi connectivity index (χ2n) is 4.21. The molecule has 0 unspecified atom stereocenters. The summed E-state index contributed by atoms with van der Waals surface area (Å²) in [6.45, 7) is 1.06. The van der Waals surface area contributed by atoms with Gasteiger partial charge >= 0.3 is 0 Å². The van der Waals surface area contributed by atoms with E-state index < -0.39 is 10.0 Å². The first-order chi connectivity index (χ1) is 9.10. The number of thiophene rings is 1. The zero-order valence-corrected chi connectivity index (χ0v) is 13.7. The first-order valence-electron chi connectivity index (χ1n) is 6.37. The van der Waals surface area contributed by atoms with Crippen LogP contribution in [0.3, 0.4) is 0 Å². The van der Waals surface area contributed by atoms with Crippen molar-refractivity contribution in [3.8, 4) is 0 Å². The molecule has 0 amide bonds. The van der Waals surface area contributed by atoms with Gasteiger partial charge in [0.05, 0.1) is 0 Å². The second kappa shape index (κ2) is 8.97. The Labute approximate surface area is 124 Å². The fourth-order valence-electron chi connectivity index (χ4n) is 1.61. The highest BCUT2D eigenvalue weighted by atomic mass is 32.2. The SMILES string of the molecule is CSCCCCCNS(=O)(=O)c1ccc(CCN)s1. The predicted octanol–water partition coefficient (Wildman–Crippen LogP) is 2.06. The summed E-state index contributed by atoms with van der Waals surface area (Å²) in [5.41, 5.74) is 5.46. The molecule has 0 aliphatic heterocycles. The van der Waals surface area contributed by atoms with E-state index in [4.69, 9.17) is 5.73 Å². The van der Waals surface area contributed by atoms with Gasteiger partial charge in [0, 0.05) is 11.4 Å². The number of sulfonamides is 1. The minimum Gasteiger partial charge on any atom is -0.330 e. The van der Waals surface area contributed by atoms with Crippen molar-refractivity contribution < 1.29 is 8.42 Å². The molecule has 110 valence electrons. The van der Waals surface area contributed by atoms with E-state index >= 15 is 0 Å². The summed E-state index contributed by atoms with van der Waals surface area (Å²) in [6, 6.07) is 3.50. The van der Waals surface area contributed by atoms with Crippen LogP contribution in [0.1, 0.15) is 24.1 Å². The Hall–Kier alpha value is -0.0800. The quantitative estimate of drug-likeness (QED) is 0.647. The molecule has 0 saturated carbocycles. The first-order valence-corrected chi connectivity index (χ1v) is 10.1. The first kappa shape index (κ1) is 17.0. The summed E-state index contributed by atoms with van der Waals surface area (Å²) in [6.07, 6.45) is 5.91. The lowest BCUT2D eigenvalue weighted by Crippen LogP contribution is -2.24. The van der Waals surface area contributed by atoms with Crippen LogP contribution in [-0.4, -0.2) is 33.5 Å². The van der Waals surface area contributed by atoms with Crippen molar-refractivity contribution >= 4 is 33.1 Å². The van der Waals surface area contributed by atoms with Gasteiger partial charge in [-0.1, -0.05) is 6.42 Å². The van der Waals surface area contributed by atoms with Crippen molar-refractivity contribution in [2.24, 2.45) is 5.73 Å². The lowest BCUT2D eigenvalue weighted by Gasteiger charge is -2.04. The molecule has 1 aromatic rings. The summed E-state index contributed by atoms with van der Waals surface area (Å²) in [5.74, 6) is 1.14. The van der Waals surface area contributed by atoms with Gasteiger partial charge in [-0.05, 0) is 49.9 Å². The van der Waals surface area contributed by atoms with Crippen LogP contribution in [0.25, 0.3) is 0 Å². The lowest BCUT2D eigenvalue weighted by molar-refractivity contribution is 0.578. The molecule has 0 fully saturated rings. The molecule has 0 atom stereocenters. The van der Waals surface area contributed by atoms with Crippen molar-refractivity contribution in [1.82, 2.24) is 4.72 Å². The topological polar surface area (TPSA) is 72.2 Å². The molecule has 0 aliphatic rings. The Morgan fingerprint density at radius 1 is 1.32 bits per heavy atom. The maximum Gasteiger partial charge on any atom is 0.250 e. The summed E-state index contributed by atoms with van der Waals surface area (Å²) >= 11 is 3.12. The standard InChI is InChI=1S/C12H22N2O2S3/c1-17-10-4-2-3-9-14-19(15,16)12-6-5-11(18-12)7-8-13/h5-6,14H,2-4,7-10,13H2,1H3. The zero-order chi connectivity index (χ0) is 14.1. The molecule has 0 spiro atoms. The number of nitrogens with one attached hydrogen (secondary N) is 1. The van der Waals surface area contributed by atoms with Crippen molar-refractivity contribution in [3.05, 3.63) is 17.0 Å². The third-order valence-corrected chi connectivity index (χ3v) is 6.40. The van der Waals surface area contributed by atoms with E-state index in [0.717, 1.165) is 36.3 Å². The molecule has 1 aromatic heterocycles. The maximum absolute atomic E-state index is 12.0. The Balaban J connectivity index is 2.38. The highest BCUT2D eigenvalue weighted by Crippen LogP contribution is 2.21. The van der Waals surface area contributed by atoms with E-state index in [1.807, 2.05) is 17.8 Å². The van der Waals surface area contributed by atoms with E-state index in [1.54, 1.807) is 6.07 Å². The van der Waals surface area contributed by atoms with Crippen LogP contribution in [0.2, 0.25) is 0 Å². The third kappa shape index (κ3) is 6.27. The van der Waals surface area contributed by atoms with E-state index in [1.165, 1.54) is 11.3 Å². The largest absolute Gasteiger partial charge is 0.330 e. The van der Waals surface area contributed by atoms with Gasteiger partial charge in [0.15, 0.2) is 0 Å². The smallest absolute Gasteiger partial charge is 0.250 e. The Bertz CT molecular complexity index is 457. The molecule has 1 heterocycles. The van der Waals surface area contributed by atoms with Gasteiger partial charge in [-0.2, -0.15) is 11.8 Å². The maximum atomic E-state index is 12.0. The molecule has 0 radical (unpaired) electrons. The van der Waals surface area contributed by atoms with Crippen LogP contribution in [-0.2, 0) is 16.4 Å². The van der Waals surface area contributed by atoms with Gasteiger partial charge in [0.2, 0.25) is 10.0 Å². The molecular formula is C12H22N2O2S3. The molecule has 3 N–H and O–H groups in total. The normalized spacial score (nSPS) is 11.9. The monoisotopic (exact) mass is 322 g/mol. The van der Waals surface area contributed by atoms with Gasteiger partial charge in [0.1, 0.15) is 4.21 Å². The van der Waals surface area contributed by atoms with Gasteiger partial charge < -0.3 is 5.73 Å². The molecule has 0 saturated heterocycles. The fourth-order valence-corrected chi connectivity index (χ4v) is 4.59. The average Bonchev–Trinajstić information content (AvgIpc) is 2.83. The highest BCUT2D eigenvalue weighted by molar-refractivity contribution is 7.98. The third-order valence-electron chi connectivity index (χ3n) is 2.61. The molecule has 0 bridgehead atoms. The number of hydrogen-bond acceptors (Lipinski definition) is 5. The zero-order valence-electron chi connectivity index (χ0n) is 11.2. The summed E-state index contributed by atoms with van der Waals surface area (Å²) < 4.78 is 27.0. The van der Waals surface area contributed by atoms with E-state index in [0.29, 0.717) is 17.3 Å². The van der Waals surface area contributed by atoms with Crippen LogP contribution in [0.5, 0.6) is 0 Å². The minimum absolute atomic E-state index is 0.389. The van der Waals surface area contributed by atoms with Crippen molar-refractivity contribution in [2.75, 3.05) is 25.1 Å². The Kier molecular flexibility index (Phi) is 8.01. The van der Waals surface area contributed by atoms with Crippen LogP contribution < -0.4 is 10.5 Å². The van der Waals surface area contributed by atoms with E-state index in [9.17, 15) is 8.42 Å². The number of nitrogens with two attached hydrogens (primary N) is 1. The number of hydrogen-bond donors (Lipinski definition) is 2. The summed E-state index contributed by atoms with van der Waals surface area (Å²) in [7, 11) is -3.33. The van der Waals surface area contributed by atoms with Gasteiger partial charge in [-0.25, -0.2) is 13.1 Å². The number of thioether (sulfide) groups is 1. The Morgan fingerprint density at radius 3 is 2.79 bits per heavy atom. The van der Waals surface area contributed by atoms with E-state index in [-0.39, 0.29) is 0 Å². The van der Waals surface area contributed by atoms with Crippen LogP contribution in [0, 0.1) is 0 Å². The molecule has 0 aliphatic carbocycles. The van der Waals surface area contributed by atoms with Gasteiger partial charge in [0.25, 0.3) is 0 Å². The molecule has 19 heavy (non-hydrogen) atoms. The van der Waals surface area contributed by atoms with Crippen LogP contribution in [0.4, 0.5) is 0 Å². The van der Waals surface area contributed by atoms with Crippen molar-refractivity contribution in [1.29, 1.82) is 0 Å².